The van der Waals surface area contributed by atoms with Crippen molar-refractivity contribution in [3.8, 4) is 0 Å². The standard InChI is InChI=1S/C15H21FN2O/c1-2-15(19)7-3-5-11-9-18(10-12(11)15)14-13(16)6-4-8-17-14/h4,6,8,11-12,19H,2-3,5,7,9-10H2,1H3/t11-,12+,15-/m1/s1. The van der Waals surface area contributed by atoms with Crippen molar-refractivity contribution in [1.29, 1.82) is 0 Å². The first kappa shape index (κ1) is 12.9. The predicted molar refractivity (Wildman–Crippen MR) is 72.5 cm³/mol. The van der Waals surface area contributed by atoms with Crippen LogP contribution in [0.5, 0.6) is 0 Å². The first-order valence-electron chi connectivity index (χ1n) is 7.22. The van der Waals surface area contributed by atoms with Crippen molar-refractivity contribution in [2.75, 3.05) is 18.0 Å². The van der Waals surface area contributed by atoms with Crippen LogP contribution >= 0.6 is 0 Å². The summed E-state index contributed by atoms with van der Waals surface area (Å²) in [5.41, 5.74) is -0.567. The normalized spacial score (nSPS) is 34.4. The number of aliphatic hydroxyl groups is 1. The minimum atomic E-state index is -0.567. The van der Waals surface area contributed by atoms with Gasteiger partial charge in [0.2, 0.25) is 0 Å². The van der Waals surface area contributed by atoms with E-state index in [2.05, 4.69) is 4.98 Å². The Morgan fingerprint density at radius 2 is 2.37 bits per heavy atom. The second-order valence-electron chi connectivity index (χ2n) is 5.93. The van der Waals surface area contributed by atoms with Crippen LogP contribution in [0.3, 0.4) is 0 Å². The topological polar surface area (TPSA) is 36.4 Å². The molecule has 0 radical (unpaired) electrons. The number of halogens is 1. The molecule has 1 saturated carbocycles. The quantitative estimate of drug-likeness (QED) is 0.892. The van der Waals surface area contributed by atoms with E-state index in [1.54, 1.807) is 12.3 Å². The van der Waals surface area contributed by atoms with Gasteiger partial charge in [0.1, 0.15) is 0 Å². The van der Waals surface area contributed by atoms with Crippen LogP contribution in [-0.4, -0.2) is 28.8 Å². The molecule has 104 valence electrons. The second-order valence-corrected chi connectivity index (χ2v) is 5.93. The van der Waals surface area contributed by atoms with E-state index in [4.69, 9.17) is 0 Å². The molecule has 2 fully saturated rings. The van der Waals surface area contributed by atoms with Crippen LogP contribution in [-0.2, 0) is 0 Å². The Bertz CT molecular complexity index is 467. The number of rotatable bonds is 2. The fourth-order valence-corrected chi connectivity index (χ4v) is 3.85. The van der Waals surface area contributed by atoms with Crippen LogP contribution in [0.2, 0.25) is 0 Å². The zero-order valence-corrected chi connectivity index (χ0v) is 11.3. The van der Waals surface area contributed by atoms with Gasteiger partial charge >= 0.3 is 0 Å². The van der Waals surface area contributed by atoms with Crippen LogP contribution in [0.1, 0.15) is 32.6 Å². The largest absolute Gasteiger partial charge is 0.390 e. The van der Waals surface area contributed by atoms with Gasteiger partial charge < -0.3 is 10.0 Å². The molecule has 1 aromatic rings. The van der Waals surface area contributed by atoms with Gasteiger partial charge in [-0.25, -0.2) is 9.37 Å². The monoisotopic (exact) mass is 264 g/mol. The third-order valence-electron chi connectivity index (χ3n) is 4.97. The molecule has 1 N–H and O–H groups in total. The van der Waals surface area contributed by atoms with Crippen LogP contribution in [0.4, 0.5) is 10.2 Å². The van der Waals surface area contributed by atoms with Gasteiger partial charge in [-0.1, -0.05) is 13.3 Å². The van der Waals surface area contributed by atoms with E-state index in [0.717, 1.165) is 38.8 Å². The van der Waals surface area contributed by atoms with E-state index < -0.39 is 5.60 Å². The molecule has 0 unspecified atom stereocenters. The van der Waals surface area contributed by atoms with Crippen LogP contribution in [0.15, 0.2) is 18.3 Å². The molecule has 0 amide bonds. The van der Waals surface area contributed by atoms with Gasteiger partial charge in [0, 0.05) is 25.2 Å². The van der Waals surface area contributed by atoms with E-state index in [-0.39, 0.29) is 11.7 Å². The summed E-state index contributed by atoms with van der Waals surface area (Å²) in [6.07, 6.45) is 5.50. The SMILES string of the molecule is CC[C@@]1(O)CCC[C@@H]2CN(c3ncccc3F)C[C@@H]21. The molecule has 2 heterocycles. The number of fused-ring (bicyclic) bond motifs is 1. The highest BCUT2D eigenvalue weighted by atomic mass is 19.1. The fourth-order valence-electron chi connectivity index (χ4n) is 3.85. The molecule has 0 aromatic carbocycles. The number of anilines is 1. The molecular weight excluding hydrogens is 243 g/mol. The second kappa shape index (κ2) is 4.75. The van der Waals surface area contributed by atoms with Crippen molar-refractivity contribution in [2.45, 2.75) is 38.2 Å². The van der Waals surface area contributed by atoms with Gasteiger partial charge in [0.25, 0.3) is 0 Å². The van der Waals surface area contributed by atoms with Gasteiger partial charge in [-0.15, -0.1) is 0 Å². The van der Waals surface area contributed by atoms with Crippen molar-refractivity contribution >= 4 is 5.82 Å². The van der Waals surface area contributed by atoms with E-state index in [1.807, 2.05) is 11.8 Å². The molecular formula is C15H21FN2O. The van der Waals surface area contributed by atoms with E-state index in [9.17, 15) is 9.50 Å². The molecule has 1 aliphatic heterocycles. The van der Waals surface area contributed by atoms with Crippen LogP contribution in [0, 0.1) is 17.7 Å². The molecule has 4 heteroatoms. The Hall–Kier alpha value is -1.16. The Labute approximate surface area is 113 Å². The van der Waals surface area contributed by atoms with Crippen molar-refractivity contribution in [3.05, 3.63) is 24.1 Å². The lowest BCUT2D eigenvalue weighted by Crippen LogP contribution is -2.44. The number of hydrogen-bond donors (Lipinski definition) is 1. The van der Waals surface area contributed by atoms with Gasteiger partial charge in [-0.3, -0.25) is 0 Å². The summed E-state index contributed by atoms with van der Waals surface area (Å²) in [6, 6.07) is 3.07. The summed E-state index contributed by atoms with van der Waals surface area (Å²) >= 11 is 0. The summed E-state index contributed by atoms with van der Waals surface area (Å²) in [6.45, 7) is 3.59. The van der Waals surface area contributed by atoms with Crippen LogP contribution in [0.25, 0.3) is 0 Å². The molecule has 19 heavy (non-hydrogen) atoms. The minimum Gasteiger partial charge on any atom is -0.390 e. The predicted octanol–water partition coefficient (Wildman–Crippen LogP) is 2.60. The lowest BCUT2D eigenvalue weighted by molar-refractivity contribution is -0.0597. The first-order chi connectivity index (χ1) is 9.14. The van der Waals surface area contributed by atoms with Gasteiger partial charge in [-0.2, -0.15) is 0 Å². The first-order valence-corrected chi connectivity index (χ1v) is 7.22. The Balaban J connectivity index is 1.84. The van der Waals surface area contributed by atoms with Crippen molar-refractivity contribution < 1.29 is 9.50 Å². The Morgan fingerprint density at radius 1 is 1.53 bits per heavy atom. The van der Waals surface area contributed by atoms with E-state index in [0.29, 0.717) is 11.7 Å². The zero-order chi connectivity index (χ0) is 13.5. The van der Waals surface area contributed by atoms with E-state index in [1.165, 1.54) is 6.07 Å². The van der Waals surface area contributed by atoms with Crippen molar-refractivity contribution in [2.24, 2.45) is 11.8 Å². The van der Waals surface area contributed by atoms with E-state index >= 15 is 0 Å². The third-order valence-corrected chi connectivity index (χ3v) is 4.97. The van der Waals surface area contributed by atoms with Gasteiger partial charge in [0.15, 0.2) is 11.6 Å². The maximum Gasteiger partial charge on any atom is 0.165 e. The highest BCUT2D eigenvalue weighted by molar-refractivity contribution is 5.41. The molecule has 3 nitrogen and oxygen atoms in total. The molecule has 1 saturated heterocycles. The number of aromatic nitrogens is 1. The average molecular weight is 264 g/mol. The highest BCUT2D eigenvalue weighted by Crippen LogP contribution is 2.45. The summed E-state index contributed by atoms with van der Waals surface area (Å²) in [4.78, 5) is 6.17. The number of nitrogens with zero attached hydrogens (tertiary/aromatic N) is 2. The zero-order valence-electron chi connectivity index (χ0n) is 11.3. The summed E-state index contributed by atoms with van der Waals surface area (Å²) in [5, 5.41) is 10.7. The fraction of sp³-hybridized carbons (Fsp3) is 0.667. The maximum absolute atomic E-state index is 13.8. The molecule has 0 bridgehead atoms. The molecule has 0 spiro atoms. The Morgan fingerprint density at radius 3 is 3.11 bits per heavy atom. The number of pyridine rings is 1. The van der Waals surface area contributed by atoms with Gasteiger partial charge in [-0.05, 0) is 37.3 Å². The highest BCUT2D eigenvalue weighted by Gasteiger charge is 2.48. The lowest BCUT2D eigenvalue weighted by atomic mass is 9.69. The van der Waals surface area contributed by atoms with Crippen LogP contribution < -0.4 is 4.90 Å². The third kappa shape index (κ3) is 2.12. The maximum atomic E-state index is 13.8. The molecule has 3 rings (SSSR count). The van der Waals surface area contributed by atoms with Crippen molar-refractivity contribution in [1.82, 2.24) is 4.98 Å². The molecule has 1 aromatic heterocycles. The summed E-state index contributed by atoms with van der Waals surface area (Å²) in [5.74, 6) is 0.907. The smallest absolute Gasteiger partial charge is 0.165 e. The summed E-state index contributed by atoms with van der Waals surface area (Å²) < 4.78 is 13.8. The van der Waals surface area contributed by atoms with Crippen molar-refractivity contribution in [3.63, 3.8) is 0 Å². The van der Waals surface area contributed by atoms with Gasteiger partial charge in [0.05, 0.1) is 5.60 Å². The lowest BCUT2D eigenvalue weighted by Gasteiger charge is -2.40. The molecule has 2 aliphatic rings. The summed E-state index contributed by atoms with van der Waals surface area (Å²) in [7, 11) is 0. The average Bonchev–Trinajstić information content (AvgIpc) is 2.85. The minimum absolute atomic E-state index is 0.257. The molecule has 1 aliphatic carbocycles. The number of hydrogen-bond acceptors (Lipinski definition) is 3. The Kier molecular flexibility index (Phi) is 3.21. The molecule has 3 atom stereocenters.